The van der Waals surface area contributed by atoms with Gasteiger partial charge in [-0.2, -0.15) is 11.8 Å². The monoisotopic (exact) mass is 325 g/mol. The van der Waals surface area contributed by atoms with E-state index in [0.717, 1.165) is 18.6 Å². The van der Waals surface area contributed by atoms with E-state index >= 15 is 0 Å². The molecule has 2 atom stereocenters. The van der Waals surface area contributed by atoms with Crippen molar-refractivity contribution in [2.75, 3.05) is 18.1 Å². The molecule has 1 aliphatic carbocycles. The summed E-state index contributed by atoms with van der Waals surface area (Å²) in [6.45, 7) is 2.77. The number of hydrogen-bond donors (Lipinski definition) is 1. The maximum atomic E-state index is 12.7. The zero-order chi connectivity index (χ0) is 15.0. The quantitative estimate of drug-likeness (QED) is 0.908. The Balaban J connectivity index is 1.83. The van der Waals surface area contributed by atoms with E-state index in [2.05, 4.69) is 6.92 Å². The van der Waals surface area contributed by atoms with Crippen LogP contribution in [-0.4, -0.2) is 46.0 Å². The topological polar surface area (TPSA) is 57.6 Å². The average Bonchev–Trinajstić information content (AvgIpc) is 2.89. The standard InChI is InChI=1S/C15H19NO3S2/c1-9-2-3-12-10(6-9)7-13(21-12)14(17)16-4-5-20-8-11(16)15(18)19/h7,9,11H,2-6,8H2,1H3,(H,18,19). The van der Waals surface area contributed by atoms with E-state index in [0.29, 0.717) is 23.1 Å². The van der Waals surface area contributed by atoms with Crippen LogP contribution < -0.4 is 0 Å². The molecule has 6 heteroatoms. The Morgan fingerprint density at radius 2 is 2.24 bits per heavy atom. The van der Waals surface area contributed by atoms with Gasteiger partial charge < -0.3 is 10.0 Å². The molecule has 1 saturated heterocycles. The van der Waals surface area contributed by atoms with E-state index in [1.807, 2.05) is 6.07 Å². The van der Waals surface area contributed by atoms with Crippen LogP contribution in [-0.2, 0) is 17.6 Å². The number of carboxylic acids is 1. The Hall–Kier alpha value is -1.01. The first-order valence-electron chi connectivity index (χ1n) is 7.29. The van der Waals surface area contributed by atoms with Crippen molar-refractivity contribution in [3.05, 3.63) is 21.4 Å². The first-order chi connectivity index (χ1) is 10.1. The van der Waals surface area contributed by atoms with Gasteiger partial charge in [0.15, 0.2) is 0 Å². The number of thiophene rings is 1. The van der Waals surface area contributed by atoms with Gasteiger partial charge in [0.05, 0.1) is 4.88 Å². The Kier molecular flexibility index (Phi) is 4.26. The molecular weight excluding hydrogens is 306 g/mol. The van der Waals surface area contributed by atoms with Crippen LogP contribution in [0.15, 0.2) is 6.07 Å². The molecule has 21 heavy (non-hydrogen) atoms. The van der Waals surface area contributed by atoms with E-state index in [1.54, 1.807) is 28.0 Å². The number of rotatable bonds is 2. The van der Waals surface area contributed by atoms with Gasteiger partial charge in [-0.05, 0) is 36.8 Å². The lowest BCUT2D eigenvalue weighted by Gasteiger charge is -2.32. The predicted octanol–water partition coefficient (Wildman–Crippen LogP) is 2.52. The number of carbonyl (C=O) groups is 2. The maximum Gasteiger partial charge on any atom is 0.327 e. The lowest BCUT2D eigenvalue weighted by Crippen LogP contribution is -2.50. The molecule has 0 bridgehead atoms. The second-order valence-electron chi connectivity index (χ2n) is 5.83. The number of carbonyl (C=O) groups excluding carboxylic acids is 1. The molecule has 1 aromatic rings. The van der Waals surface area contributed by atoms with Gasteiger partial charge in [-0.15, -0.1) is 11.3 Å². The molecule has 1 fully saturated rings. The number of thioether (sulfide) groups is 1. The molecule has 1 aromatic heterocycles. The van der Waals surface area contributed by atoms with Crippen LogP contribution in [0.5, 0.6) is 0 Å². The largest absolute Gasteiger partial charge is 0.480 e. The fourth-order valence-electron chi connectivity index (χ4n) is 3.00. The number of amides is 1. The smallest absolute Gasteiger partial charge is 0.327 e. The average molecular weight is 325 g/mol. The van der Waals surface area contributed by atoms with Gasteiger partial charge in [0.2, 0.25) is 0 Å². The molecular formula is C15H19NO3S2. The van der Waals surface area contributed by atoms with Gasteiger partial charge >= 0.3 is 5.97 Å². The molecule has 0 spiro atoms. The summed E-state index contributed by atoms with van der Waals surface area (Å²) in [6.07, 6.45) is 3.27. The maximum absolute atomic E-state index is 12.7. The lowest BCUT2D eigenvalue weighted by atomic mass is 9.90. The van der Waals surface area contributed by atoms with Crippen molar-refractivity contribution in [3.8, 4) is 0 Å². The van der Waals surface area contributed by atoms with Crippen LogP contribution in [0.3, 0.4) is 0 Å². The van der Waals surface area contributed by atoms with Gasteiger partial charge in [-0.3, -0.25) is 4.79 Å². The minimum atomic E-state index is -0.898. The molecule has 1 amide bonds. The van der Waals surface area contributed by atoms with Crippen LogP contribution in [0.25, 0.3) is 0 Å². The third kappa shape index (κ3) is 2.97. The van der Waals surface area contributed by atoms with Gasteiger partial charge in [0.1, 0.15) is 6.04 Å². The highest BCUT2D eigenvalue weighted by atomic mass is 32.2. The second-order valence-corrected chi connectivity index (χ2v) is 8.12. The lowest BCUT2D eigenvalue weighted by molar-refractivity contribution is -0.141. The molecule has 114 valence electrons. The first kappa shape index (κ1) is 14.9. The Morgan fingerprint density at radius 1 is 1.43 bits per heavy atom. The van der Waals surface area contributed by atoms with E-state index in [1.165, 1.54) is 16.9 Å². The van der Waals surface area contributed by atoms with Crippen molar-refractivity contribution in [1.29, 1.82) is 0 Å². The fraction of sp³-hybridized carbons (Fsp3) is 0.600. The number of fused-ring (bicyclic) bond motifs is 1. The van der Waals surface area contributed by atoms with Gasteiger partial charge in [0.25, 0.3) is 5.91 Å². The molecule has 0 radical (unpaired) electrons. The van der Waals surface area contributed by atoms with Crippen LogP contribution in [0.1, 0.15) is 33.5 Å². The van der Waals surface area contributed by atoms with Crippen LogP contribution in [0.4, 0.5) is 0 Å². The van der Waals surface area contributed by atoms with Gasteiger partial charge in [-0.25, -0.2) is 4.79 Å². The SMILES string of the molecule is CC1CCc2sc(C(=O)N3CCSCC3C(=O)O)cc2C1. The molecule has 1 aliphatic heterocycles. The highest BCUT2D eigenvalue weighted by molar-refractivity contribution is 7.99. The molecule has 2 aliphatic rings. The number of nitrogens with zero attached hydrogens (tertiary/aromatic N) is 1. The number of hydrogen-bond acceptors (Lipinski definition) is 4. The molecule has 3 rings (SSSR count). The molecule has 2 heterocycles. The third-order valence-electron chi connectivity index (χ3n) is 4.21. The van der Waals surface area contributed by atoms with Crippen LogP contribution in [0.2, 0.25) is 0 Å². The summed E-state index contributed by atoms with van der Waals surface area (Å²) in [6, 6.07) is 1.31. The molecule has 2 unspecified atom stereocenters. The van der Waals surface area contributed by atoms with Gasteiger partial charge in [-0.1, -0.05) is 6.92 Å². The summed E-state index contributed by atoms with van der Waals surface area (Å²) in [5, 5.41) is 9.30. The normalized spacial score (nSPS) is 25.5. The highest BCUT2D eigenvalue weighted by Crippen LogP contribution is 2.33. The van der Waals surface area contributed by atoms with Gasteiger partial charge in [0, 0.05) is 22.9 Å². The summed E-state index contributed by atoms with van der Waals surface area (Å²) in [5.74, 6) is 0.981. The van der Waals surface area contributed by atoms with E-state index in [9.17, 15) is 14.7 Å². The Bertz CT molecular complexity index is 569. The van der Waals surface area contributed by atoms with Crippen molar-refractivity contribution in [2.24, 2.45) is 5.92 Å². The zero-order valence-electron chi connectivity index (χ0n) is 12.0. The zero-order valence-corrected chi connectivity index (χ0v) is 13.6. The van der Waals surface area contributed by atoms with E-state index < -0.39 is 12.0 Å². The van der Waals surface area contributed by atoms with Crippen LogP contribution in [0, 0.1) is 5.92 Å². The summed E-state index contributed by atoms with van der Waals surface area (Å²) >= 11 is 3.17. The summed E-state index contributed by atoms with van der Waals surface area (Å²) in [7, 11) is 0. The van der Waals surface area contributed by atoms with Crippen molar-refractivity contribution in [2.45, 2.75) is 32.2 Å². The third-order valence-corrected chi connectivity index (χ3v) is 6.46. The molecule has 0 saturated carbocycles. The van der Waals surface area contributed by atoms with E-state index in [-0.39, 0.29) is 5.91 Å². The van der Waals surface area contributed by atoms with Crippen LogP contribution >= 0.6 is 23.1 Å². The first-order valence-corrected chi connectivity index (χ1v) is 9.26. The number of aryl methyl sites for hydroxylation is 1. The summed E-state index contributed by atoms with van der Waals surface area (Å²) in [4.78, 5) is 27.6. The highest BCUT2D eigenvalue weighted by Gasteiger charge is 2.34. The second kappa shape index (κ2) is 6.01. The Labute approximate surface area is 132 Å². The number of aliphatic carboxylic acids is 1. The van der Waals surface area contributed by atoms with Crippen molar-refractivity contribution < 1.29 is 14.7 Å². The minimum Gasteiger partial charge on any atom is -0.480 e. The van der Waals surface area contributed by atoms with Crippen molar-refractivity contribution in [1.82, 2.24) is 4.90 Å². The predicted molar refractivity (Wildman–Crippen MR) is 85.3 cm³/mol. The van der Waals surface area contributed by atoms with E-state index in [4.69, 9.17) is 0 Å². The fourth-order valence-corrected chi connectivity index (χ4v) is 5.21. The molecule has 1 N–H and O–H groups in total. The minimum absolute atomic E-state index is 0.102. The number of carboxylic acid groups (broad SMARTS) is 1. The molecule has 4 nitrogen and oxygen atoms in total. The molecule has 0 aromatic carbocycles. The van der Waals surface area contributed by atoms with Crippen molar-refractivity contribution in [3.63, 3.8) is 0 Å². The summed E-state index contributed by atoms with van der Waals surface area (Å²) in [5.41, 5.74) is 1.29. The van der Waals surface area contributed by atoms with Crippen molar-refractivity contribution >= 4 is 35.0 Å². The summed E-state index contributed by atoms with van der Waals surface area (Å²) < 4.78 is 0. The Morgan fingerprint density at radius 3 is 3.00 bits per heavy atom.